The van der Waals surface area contributed by atoms with Crippen molar-refractivity contribution in [3.05, 3.63) is 70.8 Å². The van der Waals surface area contributed by atoms with Crippen LogP contribution in [0.15, 0.2) is 58.6 Å². The molecule has 2 aliphatic rings. The topological polar surface area (TPSA) is 96.2 Å². The SMILES string of the molecule is CC(=NC1C(=O)c2ccccc2C1=O)/C(C)=N/N1C(=O)c2ccccc2C1=O. The summed E-state index contributed by atoms with van der Waals surface area (Å²) in [7, 11) is 0. The van der Waals surface area contributed by atoms with E-state index in [0.717, 1.165) is 5.01 Å². The second-order valence-electron chi connectivity index (χ2n) is 6.54. The molecule has 2 amide bonds. The van der Waals surface area contributed by atoms with Crippen LogP contribution in [0.2, 0.25) is 0 Å². The molecule has 0 saturated carbocycles. The predicted molar refractivity (Wildman–Crippen MR) is 102 cm³/mol. The van der Waals surface area contributed by atoms with Crippen LogP contribution in [0, 0.1) is 0 Å². The number of nitrogens with zero attached hydrogens (tertiary/aromatic N) is 3. The van der Waals surface area contributed by atoms with Crippen molar-refractivity contribution in [2.45, 2.75) is 19.9 Å². The van der Waals surface area contributed by atoms with Crippen molar-refractivity contribution < 1.29 is 19.2 Å². The molecule has 0 unspecified atom stereocenters. The molecule has 7 heteroatoms. The van der Waals surface area contributed by atoms with Crippen molar-refractivity contribution in [3.63, 3.8) is 0 Å². The fraction of sp³-hybridized carbons (Fsp3) is 0.143. The molecule has 0 N–H and O–H groups in total. The van der Waals surface area contributed by atoms with Crippen LogP contribution in [0.3, 0.4) is 0 Å². The van der Waals surface area contributed by atoms with Crippen molar-refractivity contribution in [3.8, 4) is 0 Å². The van der Waals surface area contributed by atoms with Crippen LogP contribution in [-0.2, 0) is 0 Å². The maximum atomic E-state index is 12.5. The summed E-state index contributed by atoms with van der Waals surface area (Å²) < 4.78 is 0. The molecular formula is C21H15N3O4. The molecule has 28 heavy (non-hydrogen) atoms. The van der Waals surface area contributed by atoms with Gasteiger partial charge in [-0.2, -0.15) is 10.1 Å². The zero-order valence-corrected chi connectivity index (χ0v) is 15.2. The zero-order chi connectivity index (χ0) is 20.0. The third-order valence-corrected chi connectivity index (χ3v) is 4.82. The minimum atomic E-state index is -1.16. The summed E-state index contributed by atoms with van der Waals surface area (Å²) in [6.45, 7) is 3.15. The number of fused-ring (bicyclic) bond motifs is 2. The van der Waals surface area contributed by atoms with Crippen molar-refractivity contribution in [1.29, 1.82) is 0 Å². The molecule has 0 spiro atoms. The first-order valence-electron chi connectivity index (χ1n) is 8.65. The average Bonchev–Trinajstić information content (AvgIpc) is 3.09. The molecule has 0 atom stereocenters. The van der Waals surface area contributed by atoms with Crippen LogP contribution in [-0.4, -0.2) is 45.9 Å². The monoisotopic (exact) mass is 373 g/mol. The Hall–Kier alpha value is -3.74. The highest BCUT2D eigenvalue weighted by Crippen LogP contribution is 2.25. The number of aliphatic imine (C=N–C) groups is 1. The smallest absolute Gasteiger partial charge is 0.282 e. The normalized spacial score (nSPS) is 17.4. The van der Waals surface area contributed by atoms with E-state index < -0.39 is 17.9 Å². The van der Waals surface area contributed by atoms with E-state index >= 15 is 0 Å². The van der Waals surface area contributed by atoms with E-state index in [1.807, 2.05) is 0 Å². The summed E-state index contributed by atoms with van der Waals surface area (Å²) in [5.41, 5.74) is 1.85. The molecule has 4 rings (SSSR count). The van der Waals surface area contributed by atoms with E-state index in [1.54, 1.807) is 62.4 Å². The molecule has 0 bridgehead atoms. The zero-order valence-electron chi connectivity index (χ0n) is 15.2. The lowest BCUT2D eigenvalue weighted by atomic mass is 10.1. The summed E-state index contributed by atoms with van der Waals surface area (Å²) >= 11 is 0. The van der Waals surface area contributed by atoms with Crippen molar-refractivity contribution in [1.82, 2.24) is 5.01 Å². The molecule has 7 nitrogen and oxygen atoms in total. The van der Waals surface area contributed by atoms with Gasteiger partial charge < -0.3 is 0 Å². The van der Waals surface area contributed by atoms with Gasteiger partial charge in [-0.3, -0.25) is 24.2 Å². The highest BCUT2D eigenvalue weighted by Gasteiger charge is 2.39. The molecule has 0 fully saturated rings. The number of rotatable bonds is 3. The Kier molecular flexibility index (Phi) is 4.07. The fourth-order valence-electron chi connectivity index (χ4n) is 3.22. The van der Waals surface area contributed by atoms with Gasteiger partial charge in [0, 0.05) is 11.1 Å². The van der Waals surface area contributed by atoms with E-state index in [1.165, 1.54) is 0 Å². The molecule has 0 saturated heterocycles. The standard InChI is InChI=1S/C21H15N3O4/c1-11(22-17-18(25)13-7-3-4-8-14(13)19(17)26)12(2)23-24-20(27)15-9-5-6-10-16(15)21(24)28/h3-10,17H,1-2H3/b22-11?,23-12+. The van der Waals surface area contributed by atoms with Crippen LogP contribution in [0.25, 0.3) is 0 Å². The molecule has 1 aliphatic heterocycles. The molecule has 1 aliphatic carbocycles. The molecule has 0 radical (unpaired) electrons. The second-order valence-corrected chi connectivity index (χ2v) is 6.54. The summed E-state index contributed by atoms with van der Waals surface area (Å²) in [5.74, 6) is -1.77. The summed E-state index contributed by atoms with van der Waals surface area (Å²) in [6, 6.07) is 11.9. The first kappa shape index (κ1) is 17.7. The van der Waals surface area contributed by atoms with Gasteiger partial charge in [0.05, 0.1) is 22.6 Å². The number of carbonyl (C=O) groups is 4. The lowest BCUT2D eigenvalue weighted by Crippen LogP contribution is -2.28. The molecular weight excluding hydrogens is 358 g/mol. The van der Waals surface area contributed by atoms with Gasteiger partial charge in [-0.05, 0) is 26.0 Å². The van der Waals surface area contributed by atoms with E-state index in [2.05, 4.69) is 10.1 Å². The lowest BCUT2D eigenvalue weighted by Gasteiger charge is -2.09. The molecule has 0 aromatic heterocycles. The number of hydrazone groups is 1. The highest BCUT2D eigenvalue weighted by molar-refractivity contribution is 6.42. The molecule has 138 valence electrons. The lowest BCUT2D eigenvalue weighted by molar-refractivity contribution is 0.0658. The number of ketones is 2. The quantitative estimate of drug-likeness (QED) is 0.469. The summed E-state index contributed by atoms with van der Waals surface area (Å²) in [6.07, 6.45) is 0. The first-order chi connectivity index (χ1) is 13.4. The maximum Gasteiger partial charge on any atom is 0.282 e. The van der Waals surface area contributed by atoms with Crippen molar-refractivity contribution >= 4 is 34.8 Å². The Morgan fingerprint density at radius 3 is 1.61 bits per heavy atom. The van der Waals surface area contributed by atoms with Gasteiger partial charge >= 0.3 is 0 Å². The number of imide groups is 1. The van der Waals surface area contributed by atoms with Crippen LogP contribution in [0.1, 0.15) is 55.3 Å². The maximum absolute atomic E-state index is 12.5. The predicted octanol–water partition coefficient (Wildman–Crippen LogP) is 2.57. The minimum Gasteiger partial charge on any atom is -0.291 e. The van der Waals surface area contributed by atoms with Crippen LogP contribution in [0.4, 0.5) is 0 Å². The Morgan fingerprint density at radius 2 is 1.14 bits per heavy atom. The third-order valence-electron chi connectivity index (χ3n) is 4.82. The highest BCUT2D eigenvalue weighted by atomic mass is 16.2. The van der Waals surface area contributed by atoms with E-state index in [-0.39, 0.29) is 28.4 Å². The van der Waals surface area contributed by atoms with Gasteiger partial charge in [0.15, 0.2) is 17.6 Å². The van der Waals surface area contributed by atoms with Gasteiger partial charge in [-0.15, -0.1) is 0 Å². The van der Waals surface area contributed by atoms with Gasteiger partial charge in [0.1, 0.15) is 0 Å². The largest absolute Gasteiger partial charge is 0.291 e. The number of Topliss-reactive ketones (excluding diaryl/α,β-unsaturated/α-hetero) is 2. The van der Waals surface area contributed by atoms with Crippen LogP contribution < -0.4 is 0 Å². The van der Waals surface area contributed by atoms with Gasteiger partial charge in [-0.25, -0.2) is 0 Å². The number of hydrogen-bond donors (Lipinski definition) is 0. The van der Waals surface area contributed by atoms with Gasteiger partial charge in [-0.1, -0.05) is 36.4 Å². The van der Waals surface area contributed by atoms with Crippen LogP contribution >= 0.6 is 0 Å². The number of carbonyl (C=O) groups excluding carboxylic acids is 4. The van der Waals surface area contributed by atoms with Gasteiger partial charge in [0.25, 0.3) is 11.8 Å². The minimum absolute atomic E-state index is 0.270. The van der Waals surface area contributed by atoms with E-state index in [4.69, 9.17) is 0 Å². The number of benzene rings is 2. The summed E-state index contributed by atoms with van der Waals surface area (Å²) in [5, 5.41) is 4.88. The molecule has 2 aromatic carbocycles. The number of hydrogen-bond acceptors (Lipinski definition) is 6. The van der Waals surface area contributed by atoms with E-state index in [0.29, 0.717) is 16.8 Å². The average molecular weight is 373 g/mol. The molecule has 2 aromatic rings. The second kappa shape index (κ2) is 6.45. The Balaban J connectivity index is 1.62. The van der Waals surface area contributed by atoms with Crippen molar-refractivity contribution in [2.24, 2.45) is 10.1 Å². The number of amides is 2. The first-order valence-corrected chi connectivity index (χ1v) is 8.65. The molecule has 1 heterocycles. The summed E-state index contributed by atoms with van der Waals surface area (Å²) in [4.78, 5) is 54.0. The van der Waals surface area contributed by atoms with Gasteiger partial charge in [0.2, 0.25) is 0 Å². The fourth-order valence-corrected chi connectivity index (χ4v) is 3.22. The van der Waals surface area contributed by atoms with Crippen LogP contribution in [0.5, 0.6) is 0 Å². The van der Waals surface area contributed by atoms with E-state index in [9.17, 15) is 19.2 Å². The van der Waals surface area contributed by atoms with Crippen molar-refractivity contribution in [2.75, 3.05) is 0 Å². The Labute approximate surface area is 160 Å². The Morgan fingerprint density at radius 1 is 0.714 bits per heavy atom. The Bertz CT molecular complexity index is 970. The third kappa shape index (κ3) is 2.60.